The first-order valence-electron chi connectivity index (χ1n) is 7.82. The third kappa shape index (κ3) is 3.57. The molecule has 1 saturated heterocycles. The third-order valence-corrected chi connectivity index (χ3v) is 4.80. The van der Waals surface area contributed by atoms with E-state index in [-0.39, 0.29) is 12.6 Å². The summed E-state index contributed by atoms with van der Waals surface area (Å²) in [5, 5.41) is 20.5. The van der Waals surface area contributed by atoms with E-state index < -0.39 is 6.35 Å². The lowest BCUT2D eigenvalue weighted by atomic mass is 10.2. The molecule has 0 aromatic heterocycles. The van der Waals surface area contributed by atoms with Crippen molar-refractivity contribution < 1.29 is 14.9 Å². The molecule has 6 heteroatoms. The summed E-state index contributed by atoms with van der Waals surface area (Å²) in [6.07, 6.45) is -0.783. The summed E-state index contributed by atoms with van der Waals surface area (Å²) in [4.78, 5) is 3.80. The first-order valence-corrected chi connectivity index (χ1v) is 8.61. The van der Waals surface area contributed by atoms with E-state index in [2.05, 4.69) is 15.9 Å². The summed E-state index contributed by atoms with van der Waals surface area (Å²) >= 11 is 3.42. The Morgan fingerprint density at radius 3 is 2.62 bits per heavy atom. The molecule has 2 atom stereocenters. The molecule has 1 heterocycles. The van der Waals surface area contributed by atoms with E-state index in [1.807, 2.05) is 58.3 Å². The van der Waals surface area contributed by atoms with Gasteiger partial charge < -0.3 is 19.8 Å². The smallest absolute Gasteiger partial charge is 0.187 e. The highest BCUT2D eigenvalue weighted by atomic mass is 79.9. The molecule has 0 radical (unpaired) electrons. The van der Waals surface area contributed by atoms with Crippen molar-refractivity contribution in [2.45, 2.75) is 18.9 Å². The fourth-order valence-electron chi connectivity index (χ4n) is 3.07. The zero-order chi connectivity index (χ0) is 17.1. The average molecular weight is 393 g/mol. The molecule has 128 valence electrons. The van der Waals surface area contributed by atoms with Crippen molar-refractivity contribution in [2.75, 3.05) is 25.2 Å². The Labute approximate surface area is 150 Å². The van der Waals surface area contributed by atoms with Crippen LogP contribution in [-0.2, 0) is 6.54 Å². The molecule has 2 unspecified atom stereocenters. The van der Waals surface area contributed by atoms with Crippen LogP contribution in [0.5, 0.6) is 5.75 Å². The summed E-state index contributed by atoms with van der Waals surface area (Å²) in [7, 11) is 1.64. The monoisotopic (exact) mass is 392 g/mol. The van der Waals surface area contributed by atoms with E-state index >= 15 is 0 Å². The number of aliphatic hydroxyl groups excluding tert-OH is 2. The molecule has 0 amide bonds. The number of halogens is 1. The zero-order valence-electron chi connectivity index (χ0n) is 13.5. The van der Waals surface area contributed by atoms with Gasteiger partial charge in [0.2, 0.25) is 0 Å². The van der Waals surface area contributed by atoms with Crippen molar-refractivity contribution in [3.63, 3.8) is 0 Å². The summed E-state index contributed by atoms with van der Waals surface area (Å²) in [5.41, 5.74) is 1.95. The minimum Gasteiger partial charge on any atom is -0.497 e. The molecule has 3 rings (SSSR count). The molecule has 0 bridgehead atoms. The Balaban J connectivity index is 1.79. The molecule has 5 nitrogen and oxygen atoms in total. The summed E-state index contributed by atoms with van der Waals surface area (Å²) in [6, 6.07) is 15.4. The van der Waals surface area contributed by atoms with Crippen LogP contribution in [0.15, 0.2) is 53.0 Å². The Bertz CT molecular complexity index is 680. The van der Waals surface area contributed by atoms with Gasteiger partial charge in [0.05, 0.1) is 19.8 Å². The van der Waals surface area contributed by atoms with E-state index in [4.69, 9.17) is 4.74 Å². The van der Waals surface area contributed by atoms with Crippen LogP contribution in [0.3, 0.4) is 0 Å². The number of hydrogen-bond donors (Lipinski definition) is 2. The quantitative estimate of drug-likeness (QED) is 0.818. The molecule has 2 aromatic rings. The second-order valence-corrected chi connectivity index (χ2v) is 6.76. The van der Waals surface area contributed by atoms with Crippen LogP contribution >= 0.6 is 15.9 Å². The Hall–Kier alpha value is -1.60. The van der Waals surface area contributed by atoms with Crippen LogP contribution in [0.2, 0.25) is 0 Å². The summed E-state index contributed by atoms with van der Waals surface area (Å²) in [5.74, 6) is 0.796. The highest BCUT2D eigenvalue weighted by Crippen LogP contribution is 2.29. The van der Waals surface area contributed by atoms with Crippen LogP contribution in [0, 0.1) is 0 Å². The lowest BCUT2D eigenvalue weighted by molar-refractivity contribution is 0.0342. The topological polar surface area (TPSA) is 56.2 Å². The number of benzene rings is 2. The number of hydrogen-bond acceptors (Lipinski definition) is 5. The molecule has 1 fully saturated rings. The van der Waals surface area contributed by atoms with Gasteiger partial charge in [-0.25, -0.2) is 0 Å². The molecular formula is C18H21BrN2O3. The Morgan fingerprint density at radius 2 is 1.96 bits per heavy atom. The number of methoxy groups -OCH3 is 1. The van der Waals surface area contributed by atoms with Gasteiger partial charge in [-0.3, -0.25) is 4.90 Å². The lowest BCUT2D eigenvalue weighted by Gasteiger charge is -2.29. The minimum absolute atomic E-state index is 0.0122. The Kier molecular flexibility index (Phi) is 5.40. The predicted molar refractivity (Wildman–Crippen MR) is 96.9 cm³/mol. The fraction of sp³-hybridized carbons (Fsp3) is 0.333. The van der Waals surface area contributed by atoms with Crippen LogP contribution in [0.25, 0.3) is 0 Å². The van der Waals surface area contributed by atoms with Crippen LogP contribution in [-0.4, -0.2) is 47.8 Å². The van der Waals surface area contributed by atoms with Crippen molar-refractivity contribution in [1.82, 2.24) is 4.90 Å². The van der Waals surface area contributed by atoms with Crippen LogP contribution < -0.4 is 9.64 Å². The van der Waals surface area contributed by atoms with Crippen molar-refractivity contribution in [1.29, 1.82) is 0 Å². The SMILES string of the molecule is COc1cccc(CN2CC(CO)N(c3ccc(Br)cc3)C2O)c1. The van der Waals surface area contributed by atoms with Gasteiger partial charge in [-0.05, 0) is 42.0 Å². The fourth-order valence-corrected chi connectivity index (χ4v) is 3.34. The van der Waals surface area contributed by atoms with Gasteiger partial charge in [-0.1, -0.05) is 28.1 Å². The van der Waals surface area contributed by atoms with Gasteiger partial charge in [0.15, 0.2) is 6.35 Å². The van der Waals surface area contributed by atoms with Gasteiger partial charge >= 0.3 is 0 Å². The van der Waals surface area contributed by atoms with E-state index in [1.165, 1.54) is 0 Å². The van der Waals surface area contributed by atoms with Gasteiger partial charge in [0.1, 0.15) is 5.75 Å². The molecule has 1 aliphatic heterocycles. The first-order chi connectivity index (χ1) is 11.6. The molecule has 1 aliphatic rings. The number of aliphatic hydroxyl groups is 2. The minimum atomic E-state index is -0.783. The maximum absolute atomic E-state index is 10.8. The first kappa shape index (κ1) is 17.2. The number of rotatable bonds is 5. The van der Waals surface area contributed by atoms with Crippen molar-refractivity contribution >= 4 is 21.6 Å². The maximum atomic E-state index is 10.8. The second-order valence-electron chi connectivity index (χ2n) is 5.85. The van der Waals surface area contributed by atoms with Crippen molar-refractivity contribution in [2.24, 2.45) is 0 Å². The third-order valence-electron chi connectivity index (χ3n) is 4.27. The van der Waals surface area contributed by atoms with Gasteiger partial charge in [-0.2, -0.15) is 0 Å². The second kappa shape index (κ2) is 7.53. The van der Waals surface area contributed by atoms with E-state index in [9.17, 15) is 10.2 Å². The molecule has 0 aliphatic carbocycles. The predicted octanol–water partition coefficient (Wildman–Crippen LogP) is 2.42. The molecular weight excluding hydrogens is 372 g/mol. The van der Waals surface area contributed by atoms with Crippen molar-refractivity contribution in [3.8, 4) is 5.75 Å². The van der Waals surface area contributed by atoms with E-state index in [1.54, 1.807) is 7.11 Å². The zero-order valence-corrected chi connectivity index (χ0v) is 15.1. The number of nitrogens with zero attached hydrogens (tertiary/aromatic N) is 2. The van der Waals surface area contributed by atoms with E-state index in [0.717, 1.165) is 21.5 Å². The standard InChI is InChI=1S/C18H21BrN2O3/c1-24-17-4-2-3-13(9-17)10-20-11-16(12-22)21(18(20)23)15-7-5-14(19)6-8-15/h2-9,16,18,22-23H,10-12H2,1H3. The van der Waals surface area contributed by atoms with Crippen LogP contribution in [0.1, 0.15) is 5.56 Å². The average Bonchev–Trinajstić information content (AvgIpc) is 2.92. The van der Waals surface area contributed by atoms with Crippen molar-refractivity contribution in [3.05, 3.63) is 58.6 Å². The molecule has 0 saturated carbocycles. The molecule has 2 aromatic carbocycles. The normalized spacial score (nSPS) is 21.2. The lowest BCUT2D eigenvalue weighted by Crippen LogP contribution is -2.41. The largest absolute Gasteiger partial charge is 0.497 e. The maximum Gasteiger partial charge on any atom is 0.187 e. The molecule has 24 heavy (non-hydrogen) atoms. The highest BCUT2D eigenvalue weighted by molar-refractivity contribution is 9.10. The van der Waals surface area contributed by atoms with Gasteiger partial charge in [0, 0.05) is 23.2 Å². The summed E-state index contributed by atoms with van der Waals surface area (Å²) in [6.45, 7) is 1.16. The van der Waals surface area contributed by atoms with Gasteiger partial charge in [-0.15, -0.1) is 0 Å². The molecule has 0 spiro atoms. The highest BCUT2D eigenvalue weighted by Gasteiger charge is 2.38. The van der Waals surface area contributed by atoms with Crippen LogP contribution in [0.4, 0.5) is 5.69 Å². The van der Waals surface area contributed by atoms with E-state index in [0.29, 0.717) is 13.1 Å². The number of anilines is 1. The van der Waals surface area contributed by atoms with Gasteiger partial charge in [0.25, 0.3) is 0 Å². The number of ether oxygens (including phenoxy) is 1. The molecule has 2 N–H and O–H groups in total. The summed E-state index contributed by atoms with van der Waals surface area (Å²) < 4.78 is 6.23. The Morgan fingerprint density at radius 1 is 1.21 bits per heavy atom.